The standard InChI is InChI=1S/C18H17FN4O4S/c19-14-12-13(4-5-15(14)23-11-3-8-20-23)21-18(24)16-6-7-17(27-16)28(25,26)22-9-1-2-10-22/h3-8,11-12H,1-2,9-10H2,(H,21,24). The number of anilines is 1. The number of nitrogens with one attached hydrogen (secondary N) is 1. The highest BCUT2D eigenvalue weighted by Gasteiger charge is 2.30. The van der Waals surface area contributed by atoms with Crippen molar-refractivity contribution in [1.29, 1.82) is 0 Å². The van der Waals surface area contributed by atoms with Crippen molar-refractivity contribution in [3.8, 4) is 5.69 Å². The van der Waals surface area contributed by atoms with E-state index in [2.05, 4.69) is 10.4 Å². The van der Waals surface area contributed by atoms with E-state index in [-0.39, 0.29) is 22.2 Å². The molecule has 1 aliphatic rings. The van der Waals surface area contributed by atoms with Gasteiger partial charge in [0.15, 0.2) is 11.6 Å². The summed E-state index contributed by atoms with van der Waals surface area (Å²) in [6, 6.07) is 8.35. The van der Waals surface area contributed by atoms with Gasteiger partial charge in [0.05, 0.1) is 0 Å². The van der Waals surface area contributed by atoms with Gasteiger partial charge in [0, 0.05) is 31.2 Å². The molecule has 1 N–H and O–H groups in total. The number of nitrogens with zero attached hydrogens (tertiary/aromatic N) is 3. The van der Waals surface area contributed by atoms with Crippen molar-refractivity contribution in [3.05, 3.63) is 60.4 Å². The second-order valence-corrected chi connectivity index (χ2v) is 8.17. The smallest absolute Gasteiger partial charge is 0.291 e. The molecule has 0 aliphatic carbocycles. The van der Waals surface area contributed by atoms with Crippen LogP contribution in [0.3, 0.4) is 0 Å². The van der Waals surface area contributed by atoms with Crippen LogP contribution in [0.1, 0.15) is 23.4 Å². The molecule has 8 nitrogen and oxygen atoms in total. The minimum absolute atomic E-state index is 0.172. The monoisotopic (exact) mass is 404 g/mol. The van der Waals surface area contributed by atoms with Crippen LogP contribution >= 0.6 is 0 Å². The Morgan fingerprint density at radius 2 is 1.96 bits per heavy atom. The predicted molar refractivity (Wildman–Crippen MR) is 98.2 cm³/mol. The van der Waals surface area contributed by atoms with Gasteiger partial charge in [-0.15, -0.1) is 0 Å². The Morgan fingerprint density at radius 1 is 1.18 bits per heavy atom. The van der Waals surface area contributed by atoms with E-state index in [0.29, 0.717) is 13.1 Å². The van der Waals surface area contributed by atoms with E-state index in [9.17, 15) is 17.6 Å². The molecule has 1 amide bonds. The first-order chi connectivity index (χ1) is 13.4. The fourth-order valence-corrected chi connectivity index (χ4v) is 4.44. The number of furan rings is 1. The third kappa shape index (κ3) is 3.43. The van der Waals surface area contributed by atoms with Crippen molar-refractivity contribution in [2.45, 2.75) is 17.9 Å². The van der Waals surface area contributed by atoms with Crippen molar-refractivity contribution in [3.63, 3.8) is 0 Å². The van der Waals surface area contributed by atoms with E-state index >= 15 is 0 Å². The molecule has 28 heavy (non-hydrogen) atoms. The van der Waals surface area contributed by atoms with Crippen molar-refractivity contribution in [2.24, 2.45) is 0 Å². The highest BCUT2D eigenvalue weighted by Crippen LogP contribution is 2.24. The number of amides is 1. The van der Waals surface area contributed by atoms with Crippen LogP contribution in [0, 0.1) is 5.82 Å². The molecule has 4 rings (SSSR count). The summed E-state index contributed by atoms with van der Waals surface area (Å²) in [5.41, 5.74) is 0.443. The Labute approximate surface area is 160 Å². The molecule has 0 radical (unpaired) electrons. The normalized spacial score (nSPS) is 15.0. The average molecular weight is 404 g/mol. The van der Waals surface area contributed by atoms with E-state index in [1.165, 1.54) is 39.4 Å². The Kier molecular flexibility index (Phi) is 4.73. The Balaban J connectivity index is 1.50. The van der Waals surface area contributed by atoms with Gasteiger partial charge in [-0.25, -0.2) is 17.5 Å². The Bertz CT molecular complexity index is 1100. The molecule has 0 atom stereocenters. The summed E-state index contributed by atoms with van der Waals surface area (Å²) in [6.45, 7) is 0.874. The molecule has 3 heterocycles. The Hall–Kier alpha value is -2.98. The van der Waals surface area contributed by atoms with Crippen molar-refractivity contribution in [2.75, 3.05) is 18.4 Å². The lowest BCUT2D eigenvalue weighted by Gasteiger charge is -2.12. The van der Waals surface area contributed by atoms with Gasteiger partial charge < -0.3 is 9.73 Å². The first-order valence-corrected chi connectivity index (χ1v) is 10.1. The van der Waals surface area contributed by atoms with Crippen LogP contribution in [0.2, 0.25) is 0 Å². The summed E-state index contributed by atoms with van der Waals surface area (Å²) in [5.74, 6) is -1.42. The van der Waals surface area contributed by atoms with Gasteiger partial charge in [0.25, 0.3) is 15.9 Å². The van der Waals surface area contributed by atoms with Crippen LogP contribution in [0.5, 0.6) is 0 Å². The molecular formula is C18H17FN4O4S. The summed E-state index contributed by atoms with van der Waals surface area (Å²) in [7, 11) is -3.74. The van der Waals surface area contributed by atoms with E-state index in [4.69, 9.17) is 4.42 Å². The number of aromatic nitrogens is 2. The number of hydrogen-bond donors (Lipinski definition) is 1. The number of rotatable bonds is 5. The fourth-order valence-electron chi connectivity index (χ4n) is 3.01. The summed E-state index contributed by atoms with van der Waals surface area (Å²) in [5, 5.41) is 6.17. The van der Waals surface area contributed by atoms with Gasteiger partial charge in [-0.05, 0) is 49.2 Å². The molecule has 1 fully saturated rings. The summed E-state index contributed by atoms with van der Waals surface area (Å²) < 4.78 is 47.2. The highest BCUT2D eigenvalue weighted by atomic mass is 32.2. The zero-order valence-electron chi connectivity index (χ0n) is 14.7. The lowest BCUT2D eigenvalue weighted by Crippen LogP contribution is -2.27. The molecule has 10 heteroatoms. The Morgan fingerprint density at radius 3 is 2.64 bits per heavy atom. The second kappa shape index (κ2) is 7.21. The highest BCUT2D eigenvalue weighted by molar-refractivity contribution is 7.89. The summed E-state index contributed by atoms with van der Waals surface area (Å²) >= 11 is 0. The number of carbonyl (C=O) groups excluding carboxylic acids is 1. The van der Waals surface area contributed by atoms with E-state index in [1.54, 1.807) is 12.3 Å². The molecule has 3 aromatic rings. The number of sulfonamides is 1. The van der Waals surface area contributed by atoms with E-state index in [0.717, 1.165) is 18.9 Å². The van der Waals surface area contributed by atoms with Crippen LogP contribution < -0.4 is 5.32 Å². The summed E-state index contributed by atoms with van der Waals surface area (Å²) in [6.07, 6.45) is 4.72. The molecule has 1 aromatic carbocycles. The van der Waals surface area contributed by atoms with Crippen LogP contribution in [0.4, 0.5) is 10.1 Å². The maximum atomic E-state index is 14.3. The van der Waals surface area contributed by atoms with Crippen LogP contribution in [0.15, 0.2) is 58.3 Å². The first kappa shape index (κ1) is 18.4. The third-order valence-electron chi connectivity index (χ3n) is 4.42. The number of hydrogen-bond acceptors (Lipinski definition) is 5. The zero-order valence-corrected chi connectivity index (χ0v) is 15.5. The van der Waals surface area contributed by atoms with E-state index < -0.39 is 21.7 Å². The molecule has 0 unspecified atom stereocenters. The number of halogens is 1. The van der Waals surface area contributed by atoms with Crippen LogP contribution in [-0.2, 0) is 10.0 Å². The van der Waals surface area contributed by atoms with Gasteiger partial charge >= 0.3 is 0 Å². The van der Waals surface area contributed by atoms with Crippen molar-refractivity contribution < 1.29 is 22.0 Å². The molecule has 0 spiro atoms. The molecule has 1 saturated heterocycles. The zero-order chi connectivity index (χ0) is 19.7. The first-order valence-electron chi connectivity index (χ1n) is 8.66. The van der Waals surface area contributed by atoms with Crippen molar-refractivity contribution >= 4 is 21.6 Å². The molecule has 146 valence electrons. The van der Waals surface area contributed by atoms with Gasteiger partial charge in [0.1, 0.15) is 5.69 Å². The molecule has 0 saturated carbocycles. The van der Waals surface area contributed by atoms with Gasteiger partial charge in [-0.3, -0.25) is 4.79 Å². The SMILES string of the molecule is O=C(Nc1ccc(-n2cccn2)c(F)c1)c1ccc(S(=O)(=O)N2CCCC2)o1. The number of benzene rings is 1. The lowest BCUT2D eigenvalue weighted by atomic mass is 10.2. The van der Waals surface area contributed by atoms with Crippen LogP contribution in [0.25, 0.3) is 5.69 Å². The minimum Gasteiger partial charge on any atom is -0.438 e. The molecule has 2 aromatic heterocycles. The second-order valence-electron chi connectivity index (χ2n) is 6.30. The quantitative estimate of drug-likeness (QED) is 0.705. The average Bonchev–Trinajstić information content (AvgIpc) is 3.43. The lowest BCUT2D eigenvalue weighted by molar-refractivity contribution is 0.0991. The van der Waals surface area contributed by atoms with E-state index in [1.807, 2.05) is 0 Å². The predicted octanol–water partition coefficient (Wildman–Crippen LogP) is 2.64. The molecule has 0 bridgehead atoms. The van der Waals surface area contributed by atoms with Crippen LogP contribution in [-0.4, -0.2) is 41.5 Å². The maximum Gasteiger partial charge on any atom is 0.291 e. The maximum absolute atomic E-state index is 14.3. The van der Waals surface area contributed by atoms with Gasteiger partial charge in [-0.2, -0.15) is 9.40 Å². The number of carbonyl (C=O) groups is 1. The largest absolute Gasteiger partial charge is 0.438 e. The molecular weight excluding hydrogens is 387 g/mol. The third-order valence-corrected chi connectivity index (χ3v) is 6.19. The van der Waals surface area contributed by atoms with Crippen molar-refractivity contribution in [1.82, 2.24) is 14.1 Å². The topological polar surface area (TPSA) is 97.4 Å². The summed E-state index contributed by atoms with van der Waals surface area (Å²) in [4.78, 5) is 12.3. The fraction of sp³-hybridized carbons (Fsp3) is 0.222. The van der Waals surface area contributed by atoms with Gasteiger partial charge in [-0.1, -0.05) is 0 Å². The minimum atomic E-state index is -3.74. The van der Waals surface area contributed by atoms with Gasteiger partial charge in [0.2, 0.25) is 5.09 Å². The molecule has 1 aliphatic heterocycles.